The fraction of sp³-hybridized carbons (Fsp3) is 0.143. The number of nitrogens with zero attached hydrogens (tertiary/aromatic N) is 3. The van der Waals surface area contributed by atoms with E-state index in [4.69, 9.17) is 9.47 Å². The van der Waals surface area contributed by atoms with Crippen molar-refractivity contribution < 1.29 is 14.3 Å². The van der Waals surface area contributed by atoms with Gasteiger partial charge >= 0.3 is 0 Å². The number of hydrogen-bond acceptors (Lipinski definition) is 7. The number of benzene rings is 1. The standard InChI is InChI=1S/C21H19N5O4S/c1-12-9-19(27)24-21(22-12)26-18(11-14(25-26)17-5-4-8-31-17)23-20(28)13-6-7-15(29-2)16(10-13)30-3/h4-11H,1-3H3,(H,23,28)(H,22,24,27). The van der Waals surface area contributed by atoms with Crippen LogP contribution < -0.4 is 20.3 Å². The van der Waals surface area contributed by atoms with E-state index in [0.717, 1.165) is 4.88 Å². The Balaban J connectivity index is 1.75. The number of aromatic amines is 1. The molecule has 0 unspecified atom stereocenters. The second kappa shape index (κ2) is 8.44. The molecule has 0 bridgehead atoms. The molecule has 0 aliphatic rings. The predicted octanol–water partition coefficient (Wildman–Crippen LogP) is 3.26. The van der Waals surface area contributed by atoms with Crippen molar-refractivity contribution in [3.63, 3.8) is 0 Å². The van der Waals surface area contributed by atoms with Crippen LogP contribution in [0.4, 0.5) is 5.82 Å². The Hall–Kier alpha value is -3.92. The average Bonchev–Trinajstić information content (AvgIpc) is 3.42. The highest BCUT2D eigenvalue weighted by Crippen LogP contribution is 2.29. The zero-order valence-corrected chi connectivity index (χ0v) is 17.8. The summed E-state index contributed by atoms with van der Waals surface area (Å²) < 4.78 is 11.9. The molecular weight excluding hydrogens is 418 g/mol. The van der Waals surface area contributed by atoms with Gasteiger partial charge < -0.3 is 14.8 Å². The molecule has 9 nitrogen and oxygen atoms in total. The van der Waals surface area contributed by atoms with Gasteiger partial charge in [0.25, 0.3) is 11.5 Å². The number of nitrogens with one attached hydrogen (secondary N) is 2. The molecule has 4 aromatic rings. The Bertz CT molecular complexity index is 1290. The van der Waals surface area contributed by atoms with E-state index in [1.807, 2.05) is 17.5 Å². The van der Waals surface area contributed by atoms with Gasteiger partial charge in [-0.2, -0.15) is 9.78 Å². The van der Waals surface area contributed by atoms with Crippen LogP contribution in [-0.2, 0) is 0 Å². The van der Waals surface area contributed by atoms with E-state index in [-0.39, 0.29) is 17.4 Å². The molecule has 0 saturated heterocycles. The molecule has 31 heavy (non-hydrogen) atoms. The largest absolute Gasteiger partial charge is 0.493 e. The minimum Gasteiger partial charge on any atom is -0.493 e. The molecule has 0 spiro atoms. The van der Waals surface area contributed by atoms with E-state index in [1.54, 1.807) is 31.2 Å². The minimum atomic E-state index is -0.380. The second-order valence-electron chi connectivity index (χ2n) is 6.54. The third-order valence-corrected chi connectivity index (χ3v) is 5.32. The smallest absolute Gasteiger partial charge is 0.256 e. The second-order valence-corrected chi connectivity index (χ2v) is 7.49. The monoisotopic (exact) mass is 437 g/mol. The Kier molecular flexibility index (Phi) is 5.54. The van der Waals surface area contributed by atoms with Gasteiger partial charge in [0.2, 0.25) is 5.95 Å². The van der Waals surface area contributed by atoms with Crippen LogP contribution in [0.15, 0.2) is 52.6 Å². The van der Waals surface area contributed by atoms with Crippen LogP contribution in [0, 0.1) is 6.92 Å². The highest BCUT2D eigenvalue weighted by molar-refractivity contribution is 7.13. The van der Waals surface area contributed by atoms with E-state index in [9.17, 15) is 9.59 Å². The van der Waals surface area contributed by atoms with Gasteiger partial charge in [0.05, 0.1) is 19.1 Å². The van der Waals surface area contributed by atoms with Crippen molar-refractivity contribution in [3.8, 4) is 28.0 Å². The van der Waals surface area contributed by atoms with Crippen LogP contribution in [0.5, 0.6) is 11.5 Å². The van der Waals surface area contributed by atoms with Crippen molar-refractivity contribution >= 4 is 23.1 Å². The summed E-state index contributed by atoms with van der Waals surface area (Å²) in [5.41, 5.74) is 1.23. The number of amides is 1. The lowest BCUT2D eigenvalue weighted by atomic mass is 10.2. The highest BCUT2D eigenvalue weighted by Gasteiger charge is 2.18. The molecule has 0 radical (unpaired) electrons. The maximum atomic E-state index is 13.0. The zero-order chi connectivity index (χ0) is 22.0. The van der Waals surface area contributed by atoms with E-state index in [0.29, 0.717) is 34.3 Å². The summed E-state index contributed by atoms with van der Waals surface area (Å²) in [6.07, 6.45) is 0. The lowest BCUT2D eigenvalue weighted by molar-refractivity contribution is 0.102. The van der Waals surface area contributed by atoms with Crippen LogP contribution >= 0.6 is 11.3 Å². The first-order valence-corrected chi connectivity index (χ1v) is 10.1. The Morgan fingerprint density at radius 2 is 1.94 bits per heavy atom. The van der Waals surface area contributed by atoms with Gasteiger partial charge in [0, 0.05) is 23.4 Å². The number of thiophene rings is 1. The van der Waals surface area contributed by atoms with Crippen LogP contribution in [0.2, 0.25) is 0 Å². The molecule has 0 atom stereocenters. The number of aromatic nitrogens is 4. The number of rotatable bonds is 6. The van der Waals surface area contributed by atoms with E-state index < -0.39 is 0 Å². The normalized spacial score (nSPS) is 10.7. The molecule has 0 aliphatic heterocycles. The number of ether oxygens (including phenoxy) is 2. The quantitative estimate of drug-likeness (QED) is 0.479. The van der Waals surface area contributed by atoms with Crippen LogP contribution in [0.3, 0.4) is 0 Å². The molecular formula is C21H19N5O4S. The number of methoxy groups -OCH3 is 2. The summed E-state index contributed by atoms with van der Waals surface area (Å²) in [6, 6.07) is 11.8. The van der Waals surface area contributed by atoms with Crippen molar-refractivity contribution in [2.45, 2.75) is 6.92 Å². The molecule has 0 fully saturated rings. The number of anilines is 1. The zero-order valence-electron chi connectivity index (χ0n) is 17.0. The Morgan fingerprint density at radius 1 is 1.13 bits per heavy atom. The molecule has 158 valence electrons. The summed E-state index contributed by atoms with van der Waals surface area (Å²) in [6.45, 7) is 1.71. The maximum Gasteiger partial charge on any atom is 0.256 e. The first-order chi connectivity index (χ1) is 15.0. The molecule has 10 heteroatoms. The topological polar surface area (TPSA) is 111 Å². The molecule has 1 aromatic carbocycles. The van der Waals surface area contributed by atoms with Gasteiger partial charge in [-0.05, 0) is 36.6 Å². The first kappa shape index (κ1) is 20.4. The molecule has 3 aromatic heterocycles. The van der Waals surface area contributed by atoms with Crippen molar-refractivity contribution in [2.24, 2.45) is 0 Å². The molecule has 4 rings (SSSR count). The fourth-order valence-corrected chi connectivity index (χ4v) is 3.69. The number of carbonyl (C=O) groups is 1. The van der Waals surface area contributed by atoms with Gasteiger partial charge in [-0.25, -0.2) is 4.98 Å². The van der Waals surface area contributed by atoms with Gasteiger partial charge in [-0.1, -0.05) is 6.07 Å². The third-order valence-electron chi connectivity index (χ3n) is 4.43. The van der Waals surface area contributed by atoms with Crippen LogP contribution in [0.1, 0.15) is 16.1 Å². The summed E-state index contributed by atoms with van der Waals surface area (Å²) in [7, 11) is 3.03. The average molecular weight is 437 g/mol. The molecule has 2 N–H and O–H groups in total. The SMILES string of the molecule is COc1ccc(C(=O)Nc2cc(-c3cccs3)nn2-c2nc(C)cc(=O)[nH]2)cc1OC. The molecule has 0 saturated carbocycles. The number of aryl methyl sites for hydroxylation is 1. The van der Waals surface area contributed by atoms with Gasteiger partial charge in [0.1, 0.15) is 11.5 Å². The lowest BCUT2D eigenvalue weighted by Crippen LogP contribution is -2.19. The van der Waals surface area contributed by atoms with Gasteiger partial charge in [-0.15, -0.1) is 11.3 Å². The van der Waals surface area contributed by atoms with Crippen molar-refractivity contribution in [2.75, 3.05) is 19.5 Å². The minimum absolute atomic E-state index is 0.204. The van der Waals surface area contributed by atoms with Crippen molar-refractivity contribution in [3.05, 3.63) is 69.5 Å². The van der Waals surface area contributed by atoms with Gasteiger partial charge in [-0.3, -0.25) is 14.6 Å². The predicted molar refractivity (Wildman–Crippen MR) is 118 cm³/mol. The van der Waals surface area contributed by atoms with E-state index >= 15 is 0 Å². The molecule has 3 heterocycles. The number of carbonyl (C=O) groups excluding carboxylic acids is 1. The van der Waals surface area contributed by atoms with E-state index in [2.05, 4.69) is 20.4 Å². The first-order valence-electron chi connectivity index (χ1n) is 9.24. The summed E-state index contributed by atoms with van der Waals surface area (Å²) in [5.74, 6) is 1.14. The molecule has 1 amide bonds. The lowest BCUT2D eigenvalue weighted by Gasteiger charge is -2.11. The highest BCUT2D eigenvalue weighted by atomic mass is 32.1. The van der Waals surface area contributed by atoms with Crippen LogP contribution in [-0.4, -0.2) is 39.9 Å². The molecule has 0 aliphatic carbocycles. The number of H-pyrrole nitrogens is 1. The maximum absolute atomic E-state index is 13.0. The van der Waals surface area contributed by atoms with Crippen LogP contribution in [0.25, 0.3) is 16.5 Å². The Labute approximate surface area is 181 Å². The number of hydrogen-bond donors (Lipinski definition) is 2. The fourth-order valence-electron chi connectivity index (χ4n) is 3.01. The summed E-state index contributed by atoms with van der Waals surface area (Å²) in [5, 5.41) is 9.32. The van der Waals surface area contributed by atoms with E-state index in [1.165, 1.54) is 36.3 Å². The summed E-state index contributed by atoms with van der Waals surface area (Å²) in [4.78, 5) is 32.8. The van der Waals surface area contributed by atoms with Crippen molar-refractivity contribution in [1.29, 1.82) is 0 Å². The third kappa shape index (κ3) is 4.19. The van der Waals surface area contributed by atoms with Gasteiger partial charge in [0.15, 0.2) is 11.5 Å². The summed E-state index contributed by atoms with van der Waals surface area (Å²) >= 11 is 1.51. The van der Waals surface area contributed by atoms with Crippen molar-refractivity contribution in [1.82, 2.24) is 19.7 Å². The Morgan fingerprint density at radius 3 is 2.61 bits per heavy atom.